The van der Waals surface area contributed by atoms with Gasteiger partial charge in [0.2, 0.25) is 0 Å². The minimum Gasteiger partial charge on any atom is -0.425 e. The molecule has 0 aromatic heterocycles. The topological polar surface area (TPSA) is 62.1 Å². The molecule has 0 radical (unpaired) electrons. The van der Waals surface area contributed by atoms with Crippen molar-refractivity contribution in [2.24, 2.45) is 0 Å². The van der Waals surface area contributed by atoms with Crippen LogP contribution in [0, 0.1) is 11.3 Å². The lowest BCUT2D eigenvalue weighted by Gasteiger charge is -2.15. The monoisotopic (exact) mass is 226 g/mol. The van der Waals surface area contributed by atoms with E-state index < -0.39 is 12.0 Å². The molecule has 0 aliphatic carbocycles. The molecule has 0 atom stereocenters. The van der Waals surface area contributed by atoms with Gasteiger partial charge in [0.15, 0.2) is 0 Å². The molecular weight excluding hydrogens is 218 g/mol. The molecule has 4 nitrogen and oxygen atoms in total. The highest BCUT2D eigenvalue weighted by Crippen LogP contribution is 2.21. The molecule has 1 rings (SSSR count). The molecule has 0 fully saturated rings. The van der Waals surface area contributed by atoms with Gasteiger partial charge in [-0.3, -0.25) is 4.79 Å². The summed E-state index contributed by atoms with van der Waals surface area (Å²) in [6.07, 6.45) is -3.93. The summed E-state index contributed by atoms with van der Waals surface area (Å²) in [6.45, 7) is 0. The van der Waals surface area contributed by atoms with Crippen LogP contribution in [0.15, 0.2) is 24.3 Å². The summed E-state index contributed by atoms with van der Waals surface area (Å²) < 4.78 is 30.2. The molecule has 1 N–H and O–H groups in total. The predicted octanol–water partition coefficient (Wildman–Crippen LogP) is 1.28. The Bertz CT molecular complexity index is 423. The number of likely N-dealkylation sites (N-methyl/N-ethyl adjacent to an activating group) is 1. The third kappa shape index (κ3) is 2.67. The van der Waals surface area contributed by atoms with Gasteiger partial charge in [0, 0.05) is 7.05 Å². The van der Waals surface area contributed by atoms with Gasteiger partial charge >= 0.3 is 12.0 Å². The fraction of sp³-hybridized carbons (Fsp3) is 0.200. The largest absolute Gasteiger partial charge is 0.482 e. The molecule has 0 aliphatic heterocycles. The van der Waals surface area contributed by atoms with E-state index in [1.54, 1.807) is 5.32 Å². The molecule has 84 valence electrons. The van der Waals surface area contributed by atoms with E-state index in [1.165, 1.54) is 24.3 Å². The maximum absolute atomic E-state index is 13.0. The minimum atomic E-state index is -3.93. The number of carbonyl (C=O) groups is 1. The molecule has 0 aliphatic rings. The summed E-state index contributed by atoms with van der Waals surface area (Å²) in [4.78, 5) is 10.7. The number of ether oxygens (including phenoxy) is 1. The van der Waals surface area contributed by atoms with Gasteiger partial charge in [-0.25, -0.2) is 0 Å². The molecule has 1 aromatic rings. The number of alkyl halides is 2. The summed E-state index contributed by atoms with van der Waals surface area (Å²) in [5.74, 6) is -1.72. The van der Waals surface area contributed by atoms with E-state index in [-0.39, 0.29) is 5.75 Å². The zero-order valence-corrected chi connectivity index (χ0v) is 8.33. The van der Waals surface area contributed by atoms with Crippen LogP contribution in [0.25, 0.3) is 0 Å². The number of carbonyl (C=O) groups excluding carboxylic acids is 1. The average Bonchev–Trinajstić information content (AvgIpc) is 2.28. The Morgan fingerprint density at radius 2 is 2.00 bits per heavy atom. The van der Waals surface area contributed by atoms with Crippen LogP contribution in [0.2, 0.25) is 0 Å². The van der Waals surface area contributed by atoms with E-state index in [9.17, 15) is 13.6 Å². The lowest BCUT2D eigenvalue weighted by atomic mass is 10.2. The third-order valence-corrected chi connectivity index (χ3v) is 1.72. The standard InChI is InChI=1S/C10H8F2N2O2/c1-14-9(15)10(11,12)16-8-4-2-7(6-13)3-5-8/h2-5H,1H3,(H,14,15). The molecule has 1 aromatic carbocycles. The lowest BCUT2D eigenvalue weighted by Crippen LogP contribution is -2.42. The van der Waals surface area contributed by atoms with Crippen molar-refractivity contribution in [3.8, 4) is 11.8 Å². The van der Waals surface area contributed by atoms with Crippen LogP contribution < -0.4 is 10.1 Å². The molecule has 0 heterocycles. The summed E-state index contributed by atoms with van der Waals surface area (Å²) in [5.41, 5.74) is 0.315. The van der Waals surface area contributed by atoms with Gasteiger partial charge in [-0.05, 0) is 24.3 Å². The third-order valence-electron chi connectivity index (χ3n) is 1.72. The number of hydrogen-bond donors (Lipinski definition) is 1. The molecule has 16 heavy (non-hydrogen) atoms. The van der Waals surface area contributed by atoms with Crippen molar-refractivity contribution >= 4 is 5.91 Å². The Labute approximate surface area is 90.4 Å². The normalized spacial score (nSPS) is 10.4. The van der Waals surface area contributed by atoms with E-state index >= 15 is 0 Å². The second kappa shape index (κ2) is 4.57. The van der Waals surface area contributed by atoms with Crippen molar-refractivity contribution in [3.63, 3.8) is 0 Å². The Balaban J connectivity index is 2.81. The Hall–Kier alpha value is -2.16. The molecule has 6 heteroatoms. The maximum Gasteiger partial charge on any atom is 0.482 e. The van der Waals surface area contributed by atoms with Crippen molar-refractivity contribution in [2.45, 2.75) is 6.11 Å². The SMILES string of the molecule is CNC(=O)C(F)(F)Oc1ccc(C#N)cc1. The van der Waals surface area contributed by atoms with Crippen molar-refractivity contribution in [1.29, 1.82) is 5.26 Å². The first-order chi connectivity index (χ1) is 7.49. The van der Waals surface area contributed by atoms with Crippen LogP contribution in [-0.2, 0) is 4.79 Å². The number of nitriles is 1. The summed E-state index contributed by atoms with van der Waals surface area (Å²) >= 11 is 0. The second-order valence-electron chi connectivity index (χ2n) is 2.83. The lowest BCUT2D eigenvalue weighted by molar-refractivity contribution is -0.192. The number of nitrogens with one attached hydrogen (secondary N) is 1. The molecular formula is C10H8F2N2O2. The van der Waals surface area contributed by atoms with Crippen molar-refractivity contribution < 1.29 is 18.3 Å². The summed E-state index contributed by atoms with van der Waals surface area (Å²) in [5, 5.41) is 10.3. The van der Waals surface area contributed by atoms with E-state index in [1.807, 2.05) is 6.07 Å². The van der Waals surface area contributed by atoms with Gasteiger partial charge in [-0.2, -0.15) is 14.0 Å². The molecule has 1 amide bonds. The van der Waals surface area contributed by atoms with Crippen molar-refractivity contribution in [3.05, 3.63) is 29.8 Å². The smallest absolute Gasteiger partial charge is 0.425 e. The quantitative estimate of drug-likeness (QED) is 0.844. The first-order valence-electron chi connectivity index (χ1n) is 4.29. The molecule has 0 saturated heterocycles. The zero-order valence-electron chi connectivity index (χ0n) is 8.33. The van der Waals surface area contributed by atoms with Gasteiger partial charge < -0.3 is 10.1 Å². The molecule has 0 bridgehead atoms. The fourth-order valence-corrected chi connectivity index (χ4v) is 0.937. The van der Waals surface area contributed by atoms with E-state index in [2.05, 4.69) is 4.74 Å². The van der Waals surface area contributed by atoms with Crippen LogP contribution >= 0.6 is 0 Å². The van der Waals surface area contributed by atoms with Crippen LogP contribution in [-0.4, -0.2) is 19.1 Å². The number of benzene rings is 1. The highest BCUT2D eigenvalue weighted by molar-refractivity contribution is 5.81. The number of nitrogens with zero attached hydrogens (tertiary/aromatic N) is 1. The highest BCUT2D eigenvalue weighted by Gasteiger charge is 2.41. The van der Waals surface area contributed by atoms with Crippen LogP contribution in [0.4, 0.5) is 8.78 Å². The Kier molecular flexibility index (Phi) is 3.40. The van der Waals surface area contributed by atoms with Crippen molar-refractivity contribution in [1.82, 2.24) is 5.32 Å². The van der Waals surface area contributed by atoms with Gasteiger partial charge in [0.25, 0.3) is 0 Å². The van der Waals surface area contributed by atoms with E-state index in [0.717, 1.165) is 7.05 Å². The average molecular weight is 226 g/mol. The van der Waals surface area contributed by atoms with E-state index in [0.29, 0.717) is 5.56 Å². The fourth-order valence-electron chi connectivity index (χ4n) is 0.937. The molecule has 0 unspecified atom stereocenters. The Morgan fingerprint density at radius 1 is 1.44 bits per heavy atom. The van der Waals surface area contributed by atoms with Gasteiger partial charge in [-0.1, -0.05) is 0 Å². The number of rotatable bonds is 3. The zero-order chi connectivity index (χ0) is 12.2. The second-order valence-corrected chi connectivity index (χ2v) is 2.83. The van der Waals surface area contributed by atoms with Crippen molar-refractivity contribution in [2.75, 3.05) is 7.05 Å². The van der Waals surface area contributed by atoms with Gasteiger partial charge in [0.05, 0.1) is 11.6 Å². The van der Waals surface area contributed by atoms with Crippen LogP contribution in [0.1, 0.15) is 5.56 Å². The van der Waals surface area contributed by atoms with Gasteiger partial charge in [0.1, 0.15) is 5.75 Å². The minimum absolute atomic E-state index is 0.187. The number of hydrogen-bond acceptors (Lipinski definition) is 3. The first kappa shape index (κ1) is 11.9. The van der Waals surface area contributed by atoms with Crippen LogP contribution in [0.3, 0.4) is 0 Å². The number of halogens is 2. The highest BCUT2D eigenvalue weighted by atomic mass is 19.3. The number of amides is 1. The summed E-state index contributed by atoms with van der Waals surface area (Å²) in [7, 11) is 1.08. The maximum atomic E-state index is 13.0. The van der Waals surface area contributed by atoms with Gasteiger partial charge in [-0.15, -0.1) is 0 Å². The summed E-state index contributed by atoms with van der Waals surface area (Å²) in [6, 6.07) is 6.84. The van der Waals surface area contributed by atoms with Crippen LogP contribution in [0.5, 0.6) is 5.75 Å². The van der Waals surface area contributed by atoms with E-state index in [4.69, 9.17) is 5.26 Å². The predicted molar refractivity (Wildman–Crippen MR) is 50.8 cm³/mol. The molecule has 0 saturated carbocycles. The first-order valence-corrected chi connectivity index (χ1v) is 4.29. The molecule has 0 spiro atoms. The Morgan fingerprint density at radius 3 is 2.44 bits per heavy atom.